The fourth-order valence-electron chi connectivity index (χ4n) is 2.45. The molecule has 1 saturated carbocycles. The molecule has 0 spiro atoms. The van der Waals surface area contributed by atoms with Gasteiger partial charge in [0.2, 0.25) is 0 Å². The first kappa shape index (κ1) is 13.5. The topological polar surface area (TPSA) is 40.5 Å². The molecule has 2 nitrogen and oxygen atoms in total. The first-order valence-corrected chi connectivity index (χ1v) is 5.98. The van der Waals surface area contributed by atoms with E-state index in [4.69, 9.17) is 0 Å². The van der Waals surface area contributed by atoms with Crippen LogP contribution in [0.25, 0.3) is 0 Å². The Bertz CT molecular complexity index is 305. The van der Waals surface area contributed by atoms with Crippen LogP contribution in [-0.2, 0) is 0 Å². The van der Waals surface area contributed by atoms with E-state index in [9.17, 15) is 10.2 Å². The Morgan fingerprint density at radius 1 is 1.25 bits per heavy atom. The van der Waals surface area contributed by atoms with E-state index in [-0.39, 0.29) is 5.41 Å². The lowest BCUT2D eigenvalue weighted by Crippen LogP contribution is -2.39. The average molecular weight is 224 g/mol. The molecule has 2 heteroatoms. The maximum atomic E-state index is 10.4. The van der Waals surface area contributed by atoms with Crippen LogP contribution < -0.4 is 0 Å². The van der Waals surface area contributed by atoms with Gasteiger partial charge < -0.3 is 10.2 Å². The van der Waals surface area contributed by atoms with Crippen LogP contribution in [0.5, 0.6) is 0 Å². The van der Waals surface area contributed by atoms with Crippen LogP contribution in [0.4, 0.5) is 0 Å². The minimum atomic E-state index is -0.878. The molecule has 1 aliphatic carbocycles. The Balaban J connectivity index is 3.19. The quantitative estimate of drug-likeness (QED) is 0.672. The second-order valence-electron chi connectivity index (χ2n) is 6.33. The van der Waals surface area contributed by atoms with Crippen molar-refractivity contribution in [3.63, 3.8) is 0 Å². The van der Waals surface area contributed by atoms with E-state index >= 15 is 0 Å². The molecule has 1 fully saturated rings. The Morgan fingerprint density at radius 2 is 1.81 bits per heavy atom. The Kier molecular flexibility index (Phi) is 3.40. The van der Waals surface area contributed by atoms with Crippen molar-refractivity contribution in [2.24, 2.45) is 5.41 Å². The molecule has 0 aromatic rings. The lowest BCUT2D eigenvalue weighted by molar-refractivity contribution is 0.0399. The number of rotatable bonds is 1. The van der Waals surface area contributed by atoms with Gasteiger partial charge in [-0.3, -0.25) is 0 Å². The van der Waals surface area contributed by atoms with Crippen molar-refractivity contribution in [2.45, 2.75) is 65.1 Å². The van der Waals surface area contributed by atoms with E-state index in [0.717, 1.165) is 24.8 Å². The number of hydrogen-bond acceptors (Lipinski definition) is 2. The van der Waals surface area contributed by atoms with Gasteiger partial charge in [-0.15, -0.1) is 5.73 Å². The van der Waals surface area contributed by atoms with E-state index in [1.165, 1.54) is 0 Å². The molecule has 0 radical (unpaired) electrons. The summed E-state index contributed by atoms with van der Waals surface area (Å²) in [6.07, 6.45) is 4.52. The largest absolute Gasteiger partial charge is 0.386 e. The molecule has 0 bridgehead atoms. The predicted molar refractivity (Wildman–Crippen MR) is 66.1 cm³/mol. The highest BCUT2D eigenvalue weighted by Crippen LogP contribution is 2.45. The van der Waals surface area contributed by atoms with E-state index in [0.29, 0.717) is 0 Å². The van der Waals surface area contributed by atoms with Gasteiger partial charge >= 0.3 is 0 Å². The van der Waals surface area contributed by atoms with Crippen molar-refractivity contribution < 1.29 is 10.2 Å². The van der Waals surface area contributed by atoms with Gasteiger partial charge in [-0.2, -0.15) is 0 Å². The Morgan fingerprint density at radius 3 is 2.25 bits per heavy atom. The molecule has 92 valence electrons. The maximum absolute atomic E-state index is 10.4. The van der Waals surface area contributed by atoms with Crippen LogP contribution in [0.2, 0.25) is 0 Å². The summed E-state index contributed by atoms with van der Waals surface area (Å²) >= 11 is 0. The van der Waals surface area contributed by atoms with Crippen molar-refractivity contribution in [1.29, 1.82) is 0 Å². The monoisotopic (exact) mass is 224 g/mol. The van der Waals surface area contributed by atoms with Crippen molar-refractivity contribution in [1.82, 2.24) is 0 Å². The Hall–Kier alpha value is -0.560. The molecule has 1 aliphatic rings. The zero-order chi connectivity index (χ0) is 12.6. The summed E-state index contributed by atoms with van der Waals surface area (Å²) in [7, 11) is 0. The van der Waals surface area contributed by atoms with Gasteiger partial charge in [-0.1, -0.05) is 13.8 Å². The molecule has 1 rings (SSSR count). The van der Waals surface area contributed by atoms with Crippen LogP contribution in [0.1, 0.15) is 53.9 Å². The van der Waals surface area contributed by atoms with Gasteiger partial charge in [0.05, 0.1) is 11.2 Å². The maximum Gasteiger partial charge on any atom is 0.0907 e. The summed E-state index contributed by atoms with van der Waals surface area (Å²) < 4.78 is 0. The third-order valence-corrected chi connectivity index (χ3v) is 3.25. The molecule has 16 heavy (non-hydrogen) atoms. The van der Waals surface area contributed by atoms with Crippen molar-refractivity contribution in [3.8, 4) is 0 Å². The third kappa shape index (κ3) is 3.21. The van der Waals surface area contributed by atoms with E-state index in [1.807, 2.05) is 6.92 Å². The van der Waals surface area contributed by atoms with Gasteiger partial charge in [0.25, 0.3) is 0 Å². The van der Waals surface area contributed by atoms with Gasteiger partial charge in [0.15, 0.2) is 0 Å². The van der Waals surface area contributed by atoms with Crippen LogP contribution in [-0.4, -0.2) is 21.4 Å². The first-order valence-electron chi connectivity index (χ1n) is 5.98. The molecule has 0 aliphatic heterocycles. The smallest absolute Gasteiger partial charge is 0.0907 e. The van der Waals surface area contributed by atoms with Gasteiger partial charge in [-0.05, 0) is 51.5 Å². The number of hydrogen-bond donors (Lipinski definition) is 2. The summed E-state index contributed by atoms with van der Waals surface area (Å²) in [5, 5.41) is 20.0. The fraction of sp³-hybridized carbons (Fsp3) is 0.786. The van der Waals surface area contributed by atoms with Crippen LogP contribution in [0, 0.1) is 5.41 Å². The molecule has 0 saturated heterocycles. The second-order valence-corrected chi connectivity index (χ2v) is 6.33. The summed E-state index contributed by atoms with van der Waals surface area (Å²) in [5.41, 5.74) is 2.34. The van der Waals surface area contributed by atoms with Crippen molar-refractivity contribution >= 4 is 0 Å². The number of aliphatic hydroxyl groups is 2. The molecule has 2 N–H and O–H groups in total. The van der Waals surface area contributed by atoms with Gasteiger partial charge in [0.1, 0.15) is 0 Å². The highest BCUT2D eigenvalue weighted by atomic mass is 16.3. The summed E-state index contributed by atoms with van der Waals surface area (Å²) in [6, 6.07) is 0. The highest BCUT2D eigenvalue weighted by molar-refractivity contribution is 5.25. The minimum absolute atomic E-state index is 0.0382. The lowest BCUT2D eigenvalue weighted by Gasteiger charge is -2.41. The minimum Gasteiger partial charge on any atom is -0.386 e. The molecular weight excluding hydrogens is 200 g/mol. The fourth-order valence-corrected chi connectivity index (χ4v) is 2.45. The third-order valence-electron chi connectivity index (χ3n) is 3.25. The highest BCUT2D eigenvalue weighted by Gasteiger charge is 2.40. The summed E-state index contributed by atoms with van der Waals surface area (Å²) in [5.74, 6) is 0. The molecule has 0 heterocycles. The van der Waals surface area contributed by atoms with Crippen molar-refractivity contribution in [3.05, 3.63) is 17.4 Å². The van der Waals surface area contributed by atoms with Crippen LogP contribution >= 0.6 is 0 Å². The average Bonchev–Trinajstić information content (AvgIpc) is 1.97. The molecule has 0 amide bonds. The zero-order valence-electron chi connectivity index (χ0n) is 11.1. The van der Waals surface area contributed by atoms with E-state index in [2.05, 4.69) is 19.6 Å². The predicted octanol–water partition coefficient (Wildman–Crippen LogP) is 2.80. The van der Waals surface area contributed by atoms with Crippen LogP contribution in [0.3, 0.4) is 0 Å². The molecule has 1 atom stereocenters. The molecule has 0 aromatic carbocycles. The van der Waals surface area contributed by atoms with Gasteiger partial charge in [0, 0.05) is 5.57 Å². The standard InChI is InChI=1S/C14H24O2/c1-12(2)8-6-9-14(5,16)11(12)7-10-13(3,4)15/h10,15-16H,6,8-9H2,1-5H3/t7?,14-/m1/s1. The van der Waals surface area contributed by atoms with E-state index < -0.39 is 11.2 Å². The lowest BCUT2D eigenvalue weighted by atomic mass is 9.66. The van der Waals surface area contributed by atoms with Gasteiger partial charge in [-0.25, -0.2) is 0 Å². The first-order chi connectivity index (χ1) is 7.05. The zero-order valence-corrected chi connectivity index (χ0v) is 11.1. The molecular formula is C14H24O2. The van der Waals surface area contributed by atoms with E-state index in [1.54, 1.807) is 19.9 Å². The second kappa shape index (κ2) is 4.03. The Labute approximate surface area is 98.7 Å². The summed E-state index contributed by atoms with van der Waals surface area (Å²) in [6.45, 7) is 9.52. The molecule has 0 unspecified atom stereocenters. The normalized spacial score (nSPS) is 29.8. The summed E-state index contributed by atoms with van der Waals surface area (Å²) in [4.78, 5) is 0. The SMILES string of the molecule is CC(C)(O)C=C=C1C(C)(C)CCC[C@@]1(C)O. The molecule has 0 aromatic heterocycles. The van der Waals surface area contributed by atoms with Crippen molar-refractivity contribution in [2.75, 3.05) is 0 Å². The van der Waals surface area contributed by atoms with Crippen LogP contribution in [0.15, 0.2) is 17.4 Å².